The zero-order chi connectivity index (χ0) is 8.65. The first-order valence-electron chi connectivity index (χ1n) is 3.34. The van der Waals surface area contributed by atoms with Gasteiger partial charge in [-0.3, -0.25) is 0 Å². The number of thiol groups is 1. The summed E-state index contributed by atoms with van der Waals surface area (Å²) in [6.45, 7) is 0. The molecule has 0 atom stereocenters. The van der Waals surface area contributed by atoms with Crippen LogP contribution in [0.2, 0.25) is 0 Å². The minimum absolute atomic E-state index is 1.02. The second kappa shape index (κ2) is 5.74. The van der Waals surface area contributed by atoms with Crippen LogP contribution < -0.4 is 0 Å². The predicted octanol–water partition coefficient (Wildman–Crippen LogP) is 2.51. The van der Waals surface area contributed by atoms with Gasteiger partial charge in [0, 0.05) is 10.3 Å². The van der Waals surface area contributed by atoms with Crippen molar-refractivity contribution in [3.8, 4) is 0 Å². The van der Waals surface area contributed by atoms with E-state index in [-0.39, 0.29) is 0 Å². The van der Waals surface area contributed by atoms with Crippen molar-refractivity contribution in [1.29, 1.82) is 0 Å². The molecule has 0 aliphatic carbocycles. The molecule has 0 fully saturated rings. The van der Waals surface area contributed by atoms with Crippen molar-refractivity contribution in [1.82, 2.24) is 9.59 Å². The second-order valence-electron chi connectivity index (χ2n) is 1.92. The fraction of sp³-hybridized carbons (Fsp3) is 0. The van der Waals surface area contributed by atoms with Crippen molar-refractivity contribution in [2.75, 3.05) is 0 Å². The van der Waals surface area contributed by atoms with Gasteiger partial charge in [-0.15, -0.1) is 17.7 Å². The number of hydrogen-bond donors (Lipinski definition) is 1. The van der Waals surface area contributed by atoms with Gasteiger partial charge in [0.05, 0.1) is 6.20 Å². The van der Waals surface area contributed by atoms with Crippen molar-refractivity contribution in [2.24, 2.45) is 0 Å². The molecule has 0 amide bonds. The summed E-state index contributed by atoms with van der Waals surface area (Å²) in [7, 11) is 0. The standard InChI is InChI=1S/C6H6S.C2H2N2S/c7-6-4-2-1-3-5-6;1-2-5-4-3-1/h1-5,7H;1-2H. The molecule has 0 saturated carbocycles. The first-order valence-corrected chi connectivity index (χ1v) is 4.63. The van der Waals surface area contributed by atoms with Gasteiger partial charge >= 0.3 is 0 Å². The van der Waals surface area contributed by atoms with E-state index >= 15 is 0 Å². The summed E-state index contributed by atoms with van der Waals surface area (Å²) >= 11 is 5.44. The maximum atomic E-state index is 4.08. The Kier molecular flexibility index (Phi) is 4.41. The fourth-order valence-electron chi connectivity index (χ4n) is 0.564. The van der Waals surface area contributed by atoms with Crippen LogP contribution in [0, 0.1) is 0 Å². The number of aromatic nitrogens is 2. The number of rotatable bonds is 0. The minimum Gasteiger partial charge on any atom is -0.147 e. The van der Waals surface area contributed by atoms with E-state index in [9.17, 15) is 0 Å². The monoisotopic (exact) mass is 196 g/mol. The lowest BCUT2D eigenvalue weighted by molar-refractivity contribution is 1.16. The predicted molar refractivity (Wildman–Crippen MR) is 53.6 cm³/mol. The Hall–Kier alpha value is -0.870. The van der Waals surface area contributed by atoms with Crippen LogP contribution in [-0.2, 0) is 0 Å². The summed E-state index contributed by atoms with van der Waals surface area (Å²) in [5, 5.41) is 5.31. The van der Waals surface area contributed by atoms with Gasteiger partial charge in [0.25, 0.3) is 0 Å². The molecule has 1 aromatic carbocycles. The highest BCUT2D eigenvalue weighted by Gasteiger charge is 1.73. The Bertz CT molecular complexity index is 264. The molecule has 2 rings (SSSR count). The van der Waals surface area contributed by atoms with E-state index in [1.165, 1.54) is 11.5 Å². The summed E-state index contributed by atoms with van der Waals surface area (Å²) in [4.78, 5) is 1.02. The van der Waals surface area contributed by atoms with Gasteiger partial charge in [0.15, 0.2) is 0 Å². The van der Waals surface area contributed by atoms with Gasteiger partial charge < -0.3 is 0 Å². The van der Waals surface area contributed by atoms with Crippen molar-refractivity contribution in [2.45, 2.75) is 4.90 Å². The van der Waals surface area contributed by atoms with E-state index in [2.05, 4.69) is 22.2 Å². The Morgan fingerprint density at radius 2 is 1.92 bits per heavy atom. The lowest BCUT2D eigenvalue weighted by atomic mass is 10.4. The molecule has 2 nitrogen and oxygen atoms in total. The van der Waals surface area contributed by atoms with E-state index in [4.69, 9.17) is 0 Å². The highest BCUT2D eigenvalue weighted by atomic mass is 32.1. The van der Waals surface area contributed by atoms with Crippen LogP contribution in [0.1, 0.15) is 0 Å². The van der Waals surface area contributed by atoms with Gasteiger partial charge in [-0.05, 0) is 23.7 Å². The summed E-state index contributed by atoms with van der Waals surface area (Å²) in [6.07, 6.45) is 1.66. The van der Waals surface area contributed by atoms with Crippen molar-refractivity contribution >= 4 is 24.2 Å². The first-order chi connectivity index (χ1) is 5.89. The van der Waals surface area contributed by atoms with Crippen LogP contribution in [0.25, 0.3) is 0 Å². The van der Waals surface area contributed by atoms with Gasteiger partial charge in [-0.2, -0.15) is 0 Å². The van der Waals surface area contributed by atoms with Gasteiger partial charge in [-0.1, -0.05) is 22.7 Å². The molecule has 0 unspecified atom stereocenters. The summed E-state index contributed by atoms with van der Waals surface area (Å²) < 4.78 is 3.51. The Balaban J connectivity index is 0.000000127. The maximum absolute atomic E-state index is 4.08. The van der Waals surface area contributed by atoms with E-state index in [0.29, 0.717) is 0 Å². The average molecular weight is 196 g/mol. The van der Waals surface area contributed by atoms with Crippen LogP contribution in [0.4, 0.5) is 0 Å². The Morgan fingerprint density at radius 3 is 2.17 bits per heavy atom. The summed E-state index contributed by atoms with van der Waals surface area (Å²) in [5.74, 6) is 0. The maximum Gasteiger partial charge on any atom is 0.0620 e. The average Bonchev–Trinajstić information content (AvgIpc) is 2.62. The third kappa shape index (κ3) is 4.10. The molecule has 0 bridgehead atoms. The van der Waals surface area contributed by atoms with E-state index in [1.54, 1.807) is 6.20 Å². The molecule has 4 heteroatoms. The highest BCUT2D eigenvalue weighted by Crippen LogP contribution is 2.00. The van der Waals surface area contributed by atoms with Crippen LogP contribution in [0.3, 0.4) is 0 Å². The Morgan fingerprint density at radius 1 is 1.17 bits per heavy atom. The van der Waals surface area contributed by atoms with E-state index in [0.717, 1.165) is 4.90 Å². The third-order valence-corrected chi connectivity index (χ3v) is 1.77. The molecular formula is C8H8N2S2. The molecule has 0 radical (unpaired) electrons. The molecule has 0 aliphatic rings. The molecule has 1 aromatic heterocycles. The van der Waals surface area contributed by atoms with E-state index < -0.39 is 0 Å². The van der Waals surface area contributed by atoms with Crippen molar-refractivity contribution in [3.05, 3.63) is 41.9 Å². The summed E-state index contributed by atoms with van der Waals surface area (Å²) in [6, 6.07) is 9.79. The number of hydrogen-bond acceptors (Lipinski definition) is 4. The molecular weight excluding hydrogens is 188 g/mol. The van der Waals surface area contributed by atoms with Crippen LogP contribution in [0.5, 0.6) is 0 Å². The zero-order valence-corrected chi connectivity index (χ0v) is 8.00. The van der Waals surface area contributed by atoms with Crippen molar-refractivity contribution < 1.29 is 0 Å². The zero-order valence-electron chi connectivity index (χ0n) is 6.29. The van der Waals surface area contributed by atoms with Gasteiger partial charge in [0.2, 0.25) is 0 Å². The normalized spacial score (nSPS) is 8.42. The Labute approximate surface area is 80.8 Å². The van der Waals surface area contributed by atoms with Gasteiger partial charge in [0.1, 0.15) is 0 Å². The molecule has 1 heterocycles. The molecule has 62 valence electrons. The van der Waals surface area contributed by atoms with Gasteiger partial charge in [-0.25, -0.2) is 0 Å². The van der Waals surface area contributed by atoms with Crippen molar-refractivity contribution in [3.63, 3.8) is 0 Å². The lowest BCUT2D eigenvalue weighted by Crippen LogP contribution is -1.56. The number of benzene rings is 1. The quantitative estimate of drug-likeness (QED) is 0.655. The fourth-order valence-corrected chi connectivity index (χ4v) is 1.01. The second-order valence-corrected chi connectivity index (χ2v) is 3.09. The smallest absolute Gasteiger partial charge is 0.0620 e. The minimum atomic E-state index is 1.02. The molecule has 2 aromatic rings. The number of nitrogens with zero attached hydrogens (tertiary/aromatic N) is 2. The first kappa shape index (κ1) is 9.22. The van der Waals surface area contributed by atoms with E-state index in [1.807, 2.05) is 35.7 Å². The lowest BCUT2D eigenvalue weighted by Gasteiger charge is -1.81. The highest BCUT2D eigenvalue weighted by molar-refractivity contribution is 7.80. The largest absolute Gasteiger partial charge is 0.147 e. The topological polar surface area (TPSA) is 25.8 Å². The third-order valence-electron chi connectivity index (χ3n) is 1.04. The SMILES string of the molecule is Sc1ccccc1.c1csnn1. The molecule has 0 spiro atoms. The summed E-state index contributed by atoms with van der Waals surface area (Å²) in [5.41, 5.74) is 0. The molecule has 0 aliphatic heterocycles. The molecule has 0 saturated heterocycles. The van der Waals surface area contributed by atoms with Crippen LogP contribution in [0.15, 0.2) is 46.8 Å². The van der Waals surface area contributed by atoms with Crippen LogP contribution >= 0.6 is 24.2 Å². The molecule has 12 heavy (non-hydrogen) atoms. The van der Waals surface area contributed by atoms with Crippen LogP contribution in [-0.4, -0.2) is 9.59 Å². The molecule has 0 N–H and O–H groups in total.